The van der Waals surface area contributed by atoms with E-state index in [0.717, 1.165) is 72.8 Å². The van der Waals surface area contributed by atoms with Crippen molar-refractivity contribution in [3.05, 3.63) is 46.2 Å². The topological polar surface area (TPSA) is 121 Å². The Bertz CT molecular complexity index is 911. The standard InChI is InChI=1S/C25H37BrN6O2/c1-18(8-9-29-16-33)6-7-20-11-21(26)12-24(27)25(20)32-22(14-31-17-34)5-3-4-19-10-23(28-2)15-30-13-19/h10-13,15-18,22,28,32H,3-9,14,27H2,1-2H3,(H,29,33)(H,31,34). The van der Waals surface area contributed by atoms with Crippen LogP contribution < -0.4 is 27.0 Å². The number of nitrogens with two attached hydrogens (primary N) is 1. The predicted octanol–water partition coefficient (Wildman–Crippen LogP) is 3.72. The summed E-state index contributed by atoms with van der Waals surface area (Å²) in [7, 11) is 1.88. The van der Waals surface area contributed by atoms with Gasteiger partial charge in [0.2, 0.25) is 12.8 Å². The van der Waals surface area contributed by atoms with Gasteiger partial charge in [0, 0.05) is 43.0 Å². The van der Waals surface area contributed by atoms with Crippen molar-refractivity contribution in [2.75, 3.05) is 36.5 Å². The second kappa shape index (κ2) is 15.2. The minimum Gasteiger partial charge on any atom is -0.397 e. The van der Waals surface area contributed by atoms with Crippen LogP contribution in [0.25, 0.3) is 0 Å². The first-order valence-corrected chi connectivity index (χ1v) is 12.6. The number of carbonyl (C=O) groups excluding carboxylic acids is 2. The molecule has 2 unspecified atom stereocenters. The van der Waals surface area contributed by atoms with Gasteiger partial charge in [-0.1, -0.05) is 22.9 Å². The Morgan fingerprint density at radius 3 is 2.59 bits per heavy atom. The number of rotatable bonds is 17. The van der Waals surface area contributed by atoms with Crippen LogP contribution in [0.1, 0.15) is 43.7 Å². The van der Waals surface area contributed by atoms with E-state index in [2.05, 4.69) is 61.2 Å². The quantitative estimate of drug-likeness (QED) is 0.120. The smallest absolute Gasteiger partial charge is 0.207 e. The molecule has 6 N–H and O–H groups in total. The Hall–Kier alpha value is -2.81. The Morgan fingerprint density at radius 2 is 1.85 bits per heavy atom. The van der Waals surface area contributed by atoms with E-state index in [1.54, 1.807) is 6.20 Å². The van der Waals surface area contributed by atoms with E-state index in [1.807, 2.05) is 19.3 Å². The maximum absolute atomic E-state index is 11.0. The number of hydrogen-bond donors (Lipinski definition) is 5. The number of halogens is 1. The van der Waals surface area contributed by atoms with Crippen LogP contribution in [-0.2, 0) is 22.4 Å². The zero-order valence-electron chi connectivity index (χ0n) is 20.1. The zero-order chi connectivity index (χ0) is 24.8. The maximum Gasteiger partial charge on any atom is 0.207 e. The van der Waals surface area contributed by atoms with Gasteiger partial charge in [-0.15, -0.1) is 0 Å². The van der Waals surface area contributed by atoms with E-state index in [-0.39, 0.29) is 6.04 Å². The molecule has 2 aromatic rings. The molecule has 34 heavy (non-hydrogen) atoms. The molecule has 1 aromatic heterocycles. The van der Waals surface area contributed by atoms with Crippen LogP contribution >= 0.6 is 15.9 Å². The van der Waals surface area contributed by atoms with Gasteiger partial charge < -0.3 is 27.0 Å². The molecule has 1 heterocycles. The Labute approximate surface area is 211 Å². The second-order valence-electron chi connectivity index (χ2n) is 8.63. The fourth-order valence-corrected chi connectivity index (χ4v) is 4.45. The summed E-state index contributed by atoms with van der Waals surface area (Å²) in [6.07, 6.45) is 10.7. The van der Waals surface area contributed by atoms with Crippen LogP contribution in [0, 0.1) is 5.92 Å². The van der Waals surface area contributed by atoms with E-state index >= 15 is 0 Å². The van der Waals surface area contributed by atoms with Crippen LogP contribution in [0.15, 0.2) is 35.1 Å². The average molecular weight is 534 g/mol. The summed E-state index contributed by atoms with van der Waals surface area (Å²) >= 11 is 3.57. The van der Waals surface area contributed by atoms with Crippen LogP contribution in [0.3, 0.4) is 0 Å². The SMILES string of the molecule is CNc1cncc(CCCC(CNC=O)Nc2c(N)cc(Br)cc2CCC(C)CCNC=O)c1. The first-order valence-electron chi connectivity index (χ1n) is 11.8. The monoisotopic (exact) mass is 532 g/mol. The lowest BCUT2D eigenvalue weighted by molar-refractivity contribution is -0.110. The number of hydrogen-bond acceptors (Lipinski definition) is 6. The van der Waals surface area contributed by atoms with Gasteiger partial charge in [-0.25, -0.2) is 0 Å². The number of nitrogens with zero attached hydrogens (tertiary/aromatic N) is 1. The molecule has 0 bridgehead atoms. The fourth-order valence-electron chi connectivity index (χ4n) is 3.93. The van der Waals surface area contributed by atoms with Gasteiger partial charge in [0.05, 0.1) is 17.1 Å². The maximum atomic E-state index is 11.0. The summed E-state index contributed by atoms with van der Waals surface area (Å²) in [5, 5.41) is 12.3. The van der Waals surface area contributed by atoms with Crippen LogP contribution in [-0.4, -0.2) is 44.0 Å². The van der Waals surface area contributed by atoms with Gasteiger partial charge in [0.1, 0.15) is 0 Å². The third-order valence-corrected chi connectivity index (χ3v) is 6.34. The highest BCUT2D eigenvalue weighted by Gasteiger charge is 2.15. The van der Waals surface area contributed by atoms with Gasteiger partial charge >= 0.3 is 0 Å². The summed E-state index contributed by atoms with van der Waals surface area (Å²) in [5.74, 6) is 0.468. The van der Waals surface area contributed by atoms with Crippen LogP contribution in [0.5, 0.6) is 0 Å². The fraction of sp³-hybridized carbons (Fsp3) is 0.480. The lowest BCUT2D eigenvalue weighted by Gasteiger charge is -2.24. The van der Waals surface area contributed by atoms with Crippen molar-refractivity contribution in [2.24, 2.45) is 5.92 Å². The molecule has 0 saturated carbocycles. The number of aromatic nitrogens is 1. The van der Waals surface area contributed by atoms with Crippen molar-refractivity contribution in [3.8, 4) is 0 Å². The molecule has 8 nitrogen and oxygen atoms in total. The summed E-state index contributed by atoms with van der Waals surface area (Å²) < 4.78 is 0.945. The lowest BCUT2D eigenvalue weighted by Crippen LogP contribution is -2.33. The molecule has 186 valence electrons. The molecule has 0 spiro atoms. The third-order valence-electron chi connectivity index (χ3n) is 5.88. The lowest BCUT2D eigenvalue weighted by atomic mass is 9.96. The summed E-state index contributed by atoms with van der Waals surface area (Å²) in [6.45, 7) is 3.39. The number of aryl methyl sites for hydroxylation is 2. The summed E-state index contributed by atoms with van der Waals surface area (Å²) in [5.41, 5.74) is 11.3. The normalized spacial score (nSPS) is 12.4. The van der Waals surface area contributed by atoms with E-state index in [1.165, 1.54) is 5.56 Å². The molecular weight excluding hydrogens is 496 g/mol. The summed E-state index contributed by atoms with van der Waals surface area (Å²) in [4.78, 5) is 25.7. The first-order chi connectivity index (χ1) is 16.5. The minimum absolute atomic E-state index is 0.0436. The van der Waals surface area contributed by atoms with Crippen LogP contribution in [0.4, 0.5) is 17.1 Å². The number of nitrogen functional groups attached to an aromatic ring is 1. The van der Waals surface area contributed by atoms with Gasteiger partial charge in [-0.3, -0.25) is 14.6 Å². The Morgan fingerprint density at radius 1 is 1.06 bits per heavy atom. The highest BCUT2D eigenvalue weighted by molar-refractivity contribution is 9.10. The first kappa shape index (κ1) is 27.4. The van der Waals surface area contributed by atoms with Gasteiger partial charge in [0.25, 0.3) is 0 Å². The predicted molar refractivity (Wildman–Crippen MR) is 143 cm³/mol. The Balaban J connectivity index is 2.05. The molecular formula is C25H37BrN6O2. The number of benzene rings is 1. The van der Waals surface area contributed by atoms with Crippen molar-refractivity contribution in [1.82, 2.24) is 15.6 Å². The molecule has 0 aliphatic rings. The number of anilines is 3. The van der Waals surface area contributed by atoms with Crippen molar-refractivity contribution in [2.45, 2.75) is 51.5 Å². The molecule has 2 atom stereocenters. The molecule has 0 saturated heterocycles. The number of pyridine rings is 1. The zero-order valence-corrected chi connectivity index (χ0v) is 21.7. The molecule has 1 aromatic carbocycles. The molecule has 9 heteroatoms. The van der Waals surface area contributed by atoms with Crippen molar-refractivity contribution < 1.29 is 9.59 Å². The number of amides is 2. The highest BCUT2D eigenvalue weighted by atomic mass is 79.9. The second-order valence-corrected chi connectivity index (χ2v) is 9.54. The number of nitrogens with one attached hydrogen (secondary N) is 4. The van der Waals surface area contributed by atoms with E-state index in [9.17, 15) is 9.59 Å². The van der Waals surface area contributed by atoms with E-state index < -0.39 is 0 Å². The molecule has 0 fully saturated rings. The molecule has 0 aliphatic carbocycles. The molecule has 0 aliphatic heterocycles. The van der Waals surface area contributed by atoms with Gasteiger partial charge in [-0.2, -0.15) is 0 Å². The largest absolute Gasteiger partial charge is 0.397 e. The minimum atomic E-state index is 0.0436. The van der Waals surface area contributed by atoms with Crippen molar-refractivity contribution >= 4 is 45.8 Å². The van der Waals surface area contributed by atoms with Gasteiger partial charge in [-0.05, 0) is 73.8 Å². The number of carbonyl (C=O) groups is 2. The third kappa shape index (κ3) is 9.59. The molecule has 2 amide bonds. The van der Waals surface area contributed by atoms with E-state index in [0.29, 0.717) is 24.7 Å². The molecule has 2 rings (SSSR count). The van der Waals surface area contributed by atoms with Gasteiger partial charge in [0.15, 0.2) is 0 Å². The van der Waals surface area contributed by atoms with Crippen molar-refractivity contribution in [1.29, 1.82) is 0 Å². The summed E-state index contributed by atoms with van der Waals surface area (Å²) in [6, 6.07) is 6.16. The van der Waals surface area contributed by atoms with Crippen molar-refractivity contribution in [3.63, 3.8) is 0 Å². The highest BCUT2D eigenvalue weighted by Crippen LogP contribution is 2.31. The molecule has 0 radical (unpaired) electrons. The van der Waals surface area contributed by atoms with Crippen LogP contribution in [0.2, 0.25) is 0 Å². The van der Waals surface area contributed by atoms with E-state index in [4.69, 9.17) is 5.73 Å². The Kier molecular flexibility index (Phi) is 12.2. The average Bonchev–Trinajstić information content (AvgIpc) is 2.82.